The predicted octanol–water partition coefficient (Wildman–Crippen LogP) is 3.66. The number of hydrogen-bond donors (Lipinski definition) is 2. The Balaban J connectivity index is 1.72. The van der Waals surface area contributed by atoms with Crippen LogP contribution in [0.15, 0.2) is 28.6 Å². The van der Waals surface area contributed by atoms with E-state index in [-0.39, 0.29) is 64.1 Å². The number of anilines is 1. The van der Waals surface area contributed by atoms with Gasteiger partial charge in [-0.2, -0.15) is 0 Å². The first-order valence-electron chi connectivity index (χ1n) is 9.46. The van der Waals surface area contributed by atoms with Gasteiger partial charge in [0.1, 0.15) is 0 Å². The van der Waals surface area contributed by atoms with E-state index in [0.29, 0.717) is 0 Å². The zero-order valence-corrected chi connectivity index (χ0v) is 12.1. The van der Waals surface area contributed by atoms with Crippen molar-refractivity contribution in [1.29, 1.82) is 0 Å². The fourth-order valence-electron chi connectivity index (χ4n) is 4.34. The first-order valence-corrected chi connectivity index (χ1v) is 7.75. The summed E-state index contributed by atoms with van der Waals surface area (Å²) in [6.07, 6.45) is 2.94. The molecule has 0 radical (unpaired) electrons. The number of nitrogens with one attached hydrogen (secondary N) is 1. The maximum atomic E-state index is 10.3. The maximum absolute atomic E-state index is 10.3. The Morgan fingerprint density at radius 2 is 1.58 bits per heavy atom. The van der Waals surface area contributed by atoms with E-state index in [0.717, 1.165) is 25.7 Å². The van der Waals surface area contributed by atoms with Crippen molar-refractivity contribution in [1.82, 2.24) is 0 Å². The zero-order chi connectivity index (χ0) is 17.4. The first kappa shape index (κ1) is 8.04. The van der Waals surface area contributed by atoms with E-state index < -0.39 is 6.02 Å². The van der Waals surface area contributed by atoms with Crippen molar-refractivity contribution >= 4 is 21.6 Å². The fraction of sp³-hybridized carbons (Fsp3) is 0.625. The van der Waals surface area contributed by atoms with Gasteiger partial charge < -0.3 is 10.4 Å². The molecule has 1 aromatic rings. The van der Waals surface area contributed by atoms with Crippen molar-refractivity contribution in [3.8, 4) is 0 Å². The molecule has 5 rings (SSSR count). The minimum absolute atomic E-state index is 0.0780. The van der Waals surface area contributed by atoms with Gasteiger partial charge in [0, 0.05) is 16.2 Å². The molecule has 0 aliphatic heterocycles. The number of aliphatic hydroxyl groups is 1. The molecule has 4 bridgehead atoms. The van der Waals surface area contributed by atoms with Crippen LogP contribution >= 0.6 is 15.9 Å². The summed E-state index contributed by atoms with van der Waals surface area (Å²) in [5.41, 5.74) is 0.122. The normalized spacial score (nSPS) is 51.1. The topological polar surface area (TPSA) is 32.3 Å². The highest BCUT2D eigenvalue weighted by molar-refractivity contribution is 9.10. The van der Waals surface area contributed by atoms with Crippen molar-refractivity contribution in [2.24, 2.45) is 23.7 Å². The van der Waals surface area contributed by atoms with Crippen LogP contribution in [0.25, 0.3) is 0 Å². The highest BCUT2D eigenvalue weighted by atomic mass is 79.9. The SMILES string of the molecule is [2H]c1c([2H])c(NC2([2H])C3CC4CC2CC(C3)C4O)c([2H])c([2H])c1Br. The summed E-state index contributed by atoms with van der Waals surface area (Å²) in [5, 5.41) is 13.4. The molecule has 0 aromatic heterocycles. The van der Waals surface area contributed by atoms with Gasteiger partial charge in [0.15, 0.2) is 0 Å². The number of halogens is 1. The molecular weight excluding hydrogens is 302 g/mol. The Morgan fingerprint density at radius 3 is 2.11 bits per heavy atom. The van der Waals surface area contributed by atoms with E-state index in [9.17, 15) is 5.11 Å². The predicted molar refractivity (Wildman–Crippen MR) is 80.0 cm³/mol. The summed E-state index contributed by atoms with van der Waals surface area (Å²) in [5.74, 6) is 0.688. The second-order valence-corrected chi connectivity index (χ2v) is 6.91. The number of rotatable bonds is 2. The highest BCUT2D eigenvalue weighted by Gasteiger charge is 2.52. The van der Waals surface area contributed by atoms with Crippen LogP contribution in [0.2, 0.25) is 0 Å². The van der Waals surface area contributed by atoms with Gasteiger partial charge in [-0.1, -0.05) is 15.9 Å². The third kappa shape index (κ3) is 2.02. The van der Waals surface area contributed by atoms with E-state index in [1.165, 1.54) is 0 Å². The van der Waals surface area contributed by atoms with Crippen molar-refractivity contribution in [2.45, 2.75) is 37.8 Å². The van der Waals surface area contributed by atoms with Crippen molar-refractivity contribution in [3.63, 3.8) is 0 Å². The molecular formula is C16H20BrNO. The summed E-state index contributed by atoms with van der Waals surface area (Å²) in [6.45, 7) is 0. The molecule has 0 unspecified atom stereocenters. The van der Waals surface area contributed by atoms with Gasteiger partial charge in [0.2, 0.25) is 0 Å². The van der Waals surface area contributed by atoms with E-state index in [1.807, 2.05) is 0 Å². The quantitative estimate of drug-likeness (QED) is 0.869. The van der Waals surface area contributed by atoms with Gasteiger partial charge in [0.05, 0.1) is 13.0 Å². The summed E-state index contributed by atoms with van der Waals surface area (Å²) >= 11 is 3.10. The third-order valence-corrected chi connectivity index (χ3v) is 5.46. The van der Waals surface area contributed by atoms with Crippen LogP contribution in [0.4, 0.5) is 5.69 Å². The molecule has 0 saturated heterocycles. The monoisotopic (exact) mass is 326 g/mol. The van der Waals surface area contributed by atoms with E-state index in [4.69, 9.17) is 6.85 Å². The second kappa shape index (κ2) is 4.49. The highest BCUT2D eigenvalue weighted by Crippen LogP contribution is 2.54. The molecule has 4 aliphatic rings. The standard InChI is InChI=1S/C16H20BrNO/c17-13-1-3-14(4-2-13)18-15-9-5-11-7-10(15)8-12(6-9)16(11)19/h1-4,9-12,15-16,18-19H,5-8H2/i1D,2D,3D,4D,15D. The molecule has 0 heterocycles. The number of aliphatic hydroxyl groups excluding tert-OH is 1. The Morgan fingerprint density at radius 1 is 1.05 bits per heavy atom. The summed E-state index contributed by atoms with van der Waals surface area (Å²) in [4.78, 5) is 0. The summed E-state index contributed by atoms with van der Waals surface area (Å²) < 4.78 is 41.4. The van der Waals surface area contributed by atoms with Crippen molar-refractivity contribution in [3.05, 3.63) is 28.6 Å². The molecule has 2 N–H and O–H groups in total. The Kier molecular flexibility index (Phi) is 1.90. The van der Waals surface area contributed by atoms with Crippen molar-refractivity contribution in [2.75, 3.05) is 5.32 Å². The van der Waals surface area contributed by atoms with Crippen LogP contribution in [-0.2, 0) is 0 Å². The maximum Gasteiger partial charge on any atom is 0.0645 e. The lowest BCUT2D eigenvalue weighted by Crippen LogP contribution is -2.57. The molecule has 0 amide bonds. The molecule has 0 atom stereocenters. The third-order valence-electron chi connectivity index (χ3n) is 5.06. The van der Waals surface area contributed by atoms with Crippen LogP contribution in [0.5, 0.6) is 0 Å². The van der Waals surface area contributed by atoms with Gasteiger partial charge in [-0.15, -0.1) is 0 Å². The fourth-order valence-corrected chi connectivity index (χ4v) is 4.54. The lowest BCUT2D eigenvalue weighted by atomic mass is 9.53. The van der Waals surface area contributed by atoms with E-state index in [2.05, 4.69) is 21.2 Å². The minimum Gasteiger partial charge on any atom is -0.393 e. The number of hydrogen-bond acceptors (Lipinski definition) is 2. The molecule has 19 heavy (non-hydrogen) atoms. The van der Waals surface area contributed by atoms with Crippen LogP contribution in [0.3, 0.4) is 0 Å². The van der Waals surface area contributed by atoms with Gasteiger partial charge in [-0.05, 0) is 73.5 Å². The second-order valence-electron chi connectivity index (χ2n) is 6.12. The Hall–Kier alpha value is -0.540. The smallest absolute Gasteiger partial charge is 0.0645 e. The summed E-state index contributed by atoms with van der Waals surface area (Å²) in [7, 11) is 0. The van der Waals surface area contributed by atoms with Crippen molar-refractivity contribution < 1.29 is 12.0 Å². The molecule has 3 heteroatoms. The average Bonchev–Trinajstić information content (AvgIpc) is 2.54. The first-order chi connectivity index (χ1) is 11.2. The lowest BCUT2D eigenvalue weighted by molar-refractivity contribution is -0.0976. The molecule has 2 nitrogen and oxygen atoms in total. The molecule has 0 spiro atoms. The van der Waals surface area contributed by atoms with Gasteiger partial charge in [0.25, 0.3) is 0 Å². The van der Waals surface area contributed by atoms with E-state index >= 15 is 0 Å². The van der Waals surface area contributed by atoms with Gasteiger partial charge >= 0.3 is 0 Å². The molecule has 4 fully saturated rings. The largest absolute Gasteiger partial charge is 0.393 e. The lowest BCUT2D eigenvalue weighted by Gasteiger charge is -2.56. The van der Waals surface area contributed by atoms with Crippen LogP contribution in [0.1, 0.15) is 32.5 Å². The molecule has 4 saturated carbocycles. The zero-order valence-electron chi connectivity index (χ0n) is 15.5. The molecule has 4 aliphatic carbocycles. The Labute approximate surface area is 129 Å². The molecule has 102 valence electrons. The van der Waals surface area contributed by atoms with E-state index in [1.54, 1.807) is 0 Å². The van der Waals surface area contributed by atoms with Crippen LogP contribution in [-0.4, -0.2) is 17.2 Å². The summed E-state index contributed by atoms with van der Waals surface area (Å²) in [6, 6.07) is -1.50. The van der Waals surface area contributed by atoms with Crippen LogP contribution < -0.4 is 5.32 Å². The average molecular weight is 327 g/mol. The number of benzene rings is 1. The van der Waals surface area contributed by atoms with Crippen LogP contribution in [0, 0.1) is 23.7 Å². The molecule has 1 aromatic carbocycles. The van der Waals surface area contributed by atoms with Gasteiger partial charge in [-0.25, -0.2) is 0 Å². The van der Waals surface area contributed by atoms with Gasteiger partial charge in [-0.3, -0.25) is 0 Å². The minimum atomic E-state index is -0.981. The Bertz CT molecular complexity index is 653.